The lowest BCUT2D eigenvalue weighted by molar-refractivity contribution is 0.0699. The maximum Gasteiger partial charge on any atom is 0.336 e. The number of carboxylic acid groups (broad SMARTS) is 1. The van der Waals surface area contributed by atoms with E-state index in [4.69, 9.17) is 11.6 Å². The van der Waals surface area contributed by atoms with Crippen LogP contribution in [-0.2, 0) is 5.41 Å². The summed E-state index contributed by atoms with van der Waals surface area (Å²) >= 11 is 5.71. The zero-order chi connectivity index (χ0) is 13.8. The fourth-order valence-corrected chi connectivity index (χ4v) is 2.31. The van der Waals surface area contributed by atoms with Crippen molar-refractivity contribution in [2.45, 2.75) is 25.2 Å². The first kappa shape index (κ1) is 12.4. The highest BCUT2D eigenvalue weighted by atomic mass is 35.5. The van der Waals surface area contributed by atoms with Gasteiger partial charge in [0.2, 0.25) is 0 Å². The Bertz CT molecular complexity index is 710. The molecule has 5 heteroatoms. The van der Waals surface area contributed by atoms with Crippen LogP contribution in [0, 0.1) is 5.82 Å². The Kier molecular flexibility index (Phi) is 2.54. The standard InChI is InChI=1S/C14H11ClFNO2/c1-14(2-3-14)12-5-8(13(18)19)7-4-9(15)10(16)6-11(7)17-12/h4-6H,2-3H2,1H3,(H,18,19). The SMILES string of the molecule is CC1(c2cc(C(=O)O)c3cc(Cl)c(F)cc3n2)CC1. The molecule has 0 atom stereocenters. The molecule has 0 aliphatic heterocycles. The molecule has 0 radical (unpaired) electrons. The van der Waals surface area contributed by atoms with Gasteiger partial charge in [0.1, 0.15) is 5.82 Å². The molecule has 98 valence electrons. The number of hydrogen-bond donors (Lipinski definition) is 1. The van der Waals surface area contributed by atoms with Crippen molar-refractivity contribution >= 4 is 28.5 Å². The van der Waals surface area contributed by atoms with Gasteiger partial charge in [-0.3, -0.25) is 4.98 Å². The van der Waals surface area contributed by atoms with E-state index in [-0.39, 0.29) is 16.0 Å². The normalized spacial score (nSPS) is 16.6. The van der Waals surface area contributed by atoms with Gasteiger partial charge in [-0.25, -0.2) is 9.18 Å². The van der Waals surface area contributed by atoms with Crippen LogP contribution in [0.25, 0.3) is 10.9 Å². The summed E-state index contributed by atoms with van der Waals surface area (Å²) in [4.78, 5) is 15.7. The zero-order valence-electron chi connectivity index (χ0n) is 10.2. The molecule has 1 aromatic heterocycles. The number of nitrogens with zero attached hydrogens (tertiary/aromatic N) is 1. The van der Waals surface area contributed by atoms with Crippen molar-refractivity contribution in [1.29, 1.82) is 0 Å². The topological polar surface area (TPSA) is 50.2 Å². The summed E-state index contributed by atoms with van der Waals surface area (Å²) < 4.78 is 13.5. The predicted octanol–water partition coefficient (Wildman–Crippen LogP) is 3.78. The Balaban J connectivity index is 2.34. The summed E-state index contributed by atoms with van der Waals surface area (Å²) in [6, 6.07) is 4.09. The first-order valence-corrected chi connectivity index (χ1v) is 6.32. The van der Waals surface area contributed by atoms with Crippen LogP contribution in [0.1, 0.15) is 35.8 Å². The maximum absolute atomic E-state index is 13.5. The number of rotatable bonds is 2. The Morgan fingerprint density at radius 3 is 2.68 bits per heavy atom. The summed E-state index contributed by atoms with van der Waals surface area (Å²) in [6.07, 6.45) is 1.95. The van der Waals surface area contributed by atoms with E-state index in [1.165, 1.54) is 12.1 Å². The molecule has 0 unspecified atom stereocenters. The minimum absolute atomic E-state index is 0.0749. The van der Waals surface area contributed by atoms with Crippen LogP contribution >= 0.6 is 11.6 Å². The number of carbonyl (C=O) groups is 1. The Labute approximate surface area is 114 Å². The van der Waals surface area contributed by atoms with Crippen LogP contribution in [-0.4, -0.2) is 16.1 Å². The van der Waals surface area contributed by atoms with E-state index in [1.54, 1.807) is 6.07 Å². The van der Waals surface area contributed by atoms with Crippen molar-refractivity contribution in [3.8, 4) is 0 Å². The van der Waals surface area contributed by atoms with Crippen molar-refractivity contribution < 1.29 is 14.3 Å². The molecule has 3 nitrogen and oxygen atoms in total. The van der Waals surface area contributed by atoms with Crippen molar-refractivity contribution in [3.05, 3.63) is 40.3 Å². The monoisotopic (exact) mass is 279 g/mol. The maximum atomic E-state index is 13.5. The molecule has 2 aromatic rings. The van der Waals surface area contributed by atoms with E-state index < -0.39 is 11.8 Å². The van der Waals surface area contributed by atoms with Crippen molar-refractivity contribution in [2.24, 2.45) is 0 Å². The third-order valence-corrected chi connectivity index (χ3v) is 3.99. The van der Waals surface area contributed by atoms with Crippen LogP contribution in [0.5, 0.6) is 0 Å². The second-order valence-corrected chi connectivity index (χ2v) is 5.61. The molecule has 1 aromatic carbocycles. The highest BCUT2D eigenvalue weighted by molar-refractivity contribution is 6.31. The molecule has 0 amide bonds. The number of hydrogen-bond acceptors (Lipinski definition) is 2. The molecular weight excluding hydrogens is 269 g/mol. The van der Waals surface area contributed by atoms with Crippen LogP contribution in [0.3, 0.4) is 0 Å². The molecule has 0 bridgehead atoms. The Morgan fingerprint density at radius 2 is 2.11 bits per heavy atom. The first-order chi connectivity index (χ1) is 8.90. The lowest BCUT2D eigenvalue weighted by Gasteiger charge is -2.12. The predicted molar refractivity (Wildman–Crippen MR) is 70.3 cm³/mol. The lowest BCUT2D eigenvalue weighted by Crippen LogP contribution is -2.08. The molecule has 1 aliphatic rings. The fourth-order valence-electron chi connectivity index (χ4n) is 2.15. The minimum Gasteiger partial charge on any atom is -0.478 e. The van der Waals surface area contributed by atoms with E-state index >= 15 is 0 Å². The quantitative estimate of drug-likeness (QED) is 0.910. The van der Waals surface area contributed by atoms with Gasteiger partial charge in [0.05, 0.1) is 16.1 Å². The number of halogens is 2. The summed E-state index contributed by atoms with van der Waals surface area (Å²) in [7, 11) is 0. The van der Waals surface area contributed by atoms with Gasteiger partial charge in [-0.05, 0) is 25.0 Å². The summed E-state index contributed by atoms with van der Waals surface area (Å²) in [5.74, 6) is -1.64. The molecule has 3 rings (SSSR count). The number of carboxylic acids is 1. The third kappa shape index (κ3) is 1.96. The molecule has 0 spiro atoms. The van der Waals surface area contributed by atoms with E-state index in [9.17, 15) is 14.3 Å². The van der Waals surface area contributed by atoms with Crippen molar-refractivity contribution in [3.63, 3.8) is 0 Å². The van der Waals surface area contributed by atoms with Gasteiger partial charge in [0.25, 0.3) is 0 Å². The van der Waals surface area contributed by atoms with Gasteiger partial charge in [-0.15, -0.1) is 0 Å². The van der Waals surface area contributed by atoms with Crippen LogP contribution in [0.4, 0.5) is 4.39 Å². The van der Waals surface area contributed by atoms with Gasteiger partial charge in [-0.2, -0.15) is 0 Å². The van der Waals surface area contributed by atoms with Gasteiger partial charge in [-0.1, -0.05) is 18.5 Å². The second kappa shape index (κ2) is 3.90. The lowest BCUT2D eigenvalue weighted by atomic mass is 9.99. The summed E-state index contributed by atoms with van der Waals surface area (Å²) in [5.41, 5.74) is 1.09. The molecular formula is C14H11ClFNO2. The number of fused-ring (bicyclic) bond motifs is 1. The van der Waals surface area contributed by atoms with E-state index in [0.29, 0.717) is 16.6 Å². The highest BCUT2D eigenvalue weighted by Crippen LogP contribution is 2.47. The van der Waals surface area contributed by atoms with Crippen LogP contribution in [0.15, 0.2) is 18.2 Å². The van der Waals surface area contributed by atoms with Gasteiger partial charge >= 0.3 is 5.97 Å². The van der Waals surface area contributed by atoms with Crippen molar-refractivity contribution in [1.82, 2.24) is 4.98 Å². The molecule has 1 N–H and O–H groups in total. The average Bonchev–Trinajstić information content (AvgIpc) is 3.08. The first-order valence-electron chi connectivity index (χ1n) is 5.94. The Morgan fingerprint density at radius 1 is 1.42 bits per heavy atom. The van der Waals surface area contributed by atoms with Gasteiger partial charge in [0.15, 0.2) is 0 Å². The molecule has 1 heterocycles. The van der Waals surface area contributed by atoms with Crippen molar-refractivity contribution in [2.75, 3.05) is 0 Å². The minimum atomic E-state index is -1.06. The number of aromatic carboxylic acids is 1. The number of benzene rings is 1. The molecule has 1 aliphatic carbocycles. The summed E-state index contributed by atoms with van der Waals surface area (Å²) in [5, 5.41) is 9.56. The fraction of sp³-hybridized carbons (Fsp3) is 0.286. The highest BCUT2D eigenvalue weighted by Gasteiger charge is 2.41. The molecule has 1 fully saturated rings. The summed E-state index contributed by atoms with van der Waals surface area (Å²) in [6.45, 7) is 2.03. The zero-order valence-corrected chi connectivity index (χ0v) is 11.0. The van der Waals surface area contributed by atoms with Gasteiger partial charge < -0.3 is 5.11 Å². The van der Waals surface area contributed by atoms with E-state index in [0.717, 1.165) is 12.8 Å². The molecule has 19 heavy (non-hydrogen) atoms. The number of aromatic nitrogens is 1. The van der Waals surface area contributed by atoms with E-state index in [1.807, 2.05) is 6.92 Å². The van der Waals surface area contributed by atoms with Crippen LogP contribution in [0.2, 0.25) is 5.02 Å². The van der Waals surface area contributed by atoms with Gasteiger partial charge in [0, 0.05) is 22.6 Å². The molecule has 0 saturated heterocycles. The Hall–Kier alpha value is -1.68. The number of pyridine rings is 1. The second-order valence-electron chi connectivity index (χ2n) is 5.20. The third-order valence-electron chi connectivity index (χ3n) is 3.70. The van der Waals surface area contributed by atoms with Crippen LogP contribution < -0.4 is 0 Å². The van der Waals surface area contributed by atoms with E-state index in [2.05, 4.69) is 4.98 Å². The smallest absolute Gasteiger partial charge is 0.336 e. The largest absolute Gasteiger partial charge is 0.478 e. The average molecular weight is 280 g/mol. The molecule has 1 saturated carbocycles.